The van der Waals surface area contributed by atoms with Gasteiger partial charge < -0.3 is 9.64 Å². The molecule has 0 fully saturated rings. The quantitative estimate of drug-likeness (QED) is 0.935. The molecule has 6 heteroatoms. The maximum absolute atomic E-state index is 11.8. The Balaban J connectivity index is 1.94. The first-order chi connectivity index (χ1) is 10.2. The SMILES string of the molecule is CCN1Cc2c(Oc3cccc(Cl)c3)ccnc2NC1=O. The number of rotatable bonds is 3. The fourth-order valence-corrected chi connectivity index (χ4v) is 2.37. The van der Waals surface area contributed by atoms with Gasteiger partial charge in [0.1, 0.15) is 17.3 Å². The van der Waals surface area contributed by atoms with Crippen LogP contribution in [0.25, 0.3) is 0 Å². The van der Waals surface area contributed by atoms with E-state index in [1.807, 2.05) is 19.1 Å². The van der Waals surface area contributed by atoms with Crippen molar-refractivity contribution in [2.45, 2.75) is 13.5 Å². The number of carbonyl (C=O) groups excluding carboxylic acids is 1. The summed E-state index contributed by atoms with van der Waals surface area (Å²) in [6.45, 7) is 3.02. The Morgan fingerprint density at radius 3 is 3.05 bits per heavy atom. The molecule has 1 aromatic carbocycles. The van der Waals surface area contributed by atoms with E-state index in [4.69, 9.17) is 16.3 Å². The predicted molar refractivity (Wildman–Crippen MR) is 80.9 cm³/mol. The van der Waals surface area contributed by atoms with Crippen LogP contribution in [0.4, 0.5) is 10.6 Å². The van der Waals surface area contributed by atoms with E-state index in [2.05, 4.69) is 10.3 Å². The van der Waals surface area contributed by atoms with Crippen LogP contribution >= 0.6 is 11.6 Å². The third-order valence-electron chi connectivity index (χ3n) is 3.28. The van der Waals surface area contributed by atoms with Crippen molar-refractivity contribution in [2.24, 2.45) is 0 Å². The molecular weight excluding hydrogens is 290 g/mol. The molecule has 0 saturated heterocycles. The van der Waals surface area contributed by atoms with Crippen LogP contribution in [-0.2, 0) is 6.54 Å². The van der Waals surface area contributed by atoms with Crippen molar-refractivity contribution in [3.8, 4) is 11.5 Å². The second-order valence-corrected chi connectivity index (χ2v) is 5.08. The average Bonchev–Trinajstić information content (AvgIpc) is 2.47. The Bertz CT molecular complexity index is 690. The highest BCUT2D eigenvalue weighted by molar-refractivity contribution is 6.30. The van der Waals surface area contributed by atoms with Gasteiger partial charge in [0.25, 0.3) is 0 Å². The summed E-state index contributed by atoms with van der Waals surface area (Å²) in [7, 11) is 0. The molecule has 2 aromatic rings. The summed E-state index contributed by atoms with van der Waals surface area (Å²) in [5.41, 5.74) is 0.860. The lowest BCUT2D eigenvalue weighted by atomic mass is 10.2. The summed E-state index contributed by atoms with van der Waals surface area (Å²) >= 11 is 5.96. The molecule has 1 aliphatic heterocycles. The largest absolute Gasteiger partial charge is 0.457 e. The minimum Gasteiger partial charge on any atom is -0.457 e. The predicted octanol–water partition coefficient (Wildman–Crippen LogP) is 3.89. The molecule has 1 aliphatic rings. The van der Waals surface area contributed by atoms with Crippen LogP contribution in [0, 0.1) is 0 Å². The van der Waals surface area contributed by atoms with Crippen molar-refractivity contribution in [2.75, 3.05) is 11.9 Å². The highest BCUT2D eigenvalue weighted by Gasteiger charge is 2.25. The van der Waals surface area contributed by atoms with Gasteiger partial charge in [-0.2, -0.15) is 0 Å². The number of carbonyl (C=O) groups is 1. The number of anilines is 1. The summed E-state index contributed by atoms with van der Waals surface area (Å²) in [5.74, 6) is 1.86. The minimum atomic E-state index is -0.141. The number of halogens is 1. The molecule has 0 atom stereocenters. The van der Waals surface area contributed by atoms with E-state index in [1.54, 1.807) is 29.3 Å². The lowest BCUT2D eigenvalue weighted by Gasteiger charge is -2.28. The number of hydrogen-bond acceptors (Lipinski definition) is 3. The second-order valence-electron chi connectivity index (χ2n) is 4.64. The third-order valence-corrected chi connectivity index (χ3v) is 3.52. The first-order valence-electron chi connectivity index (χ1n) is 6.64. The number of hydrogen-bond donors (Lipinski definition) is 1. The fraction of sp³-hybridized carbons (Fsp3) is 0.200. The Labute approximate surface area is 127 Å². The highest BCUT2D eigenvalue weighted by atomic mass is 35.5. The summed E-state index contributed by atoms with van der Waals surface area (Å²) in [4.78, 5) is 17.7. The van der Waals surface area contributed by atoms with E-state index in [-0.39, 0.29) is 6.03 Å². The smallest absolute Gasteiger partial charge is 0.323 e. The molecule has 2 amide bonds. The van der Waals surface area contributed by atoms with Crippen LogP contribution in [0.1, 0.15) is 12.5 Å². The molecule has 0 saturated carbocycles. The summed E-state index contributed by atoms with van der Waals surface area (Å²) in [6, 6.07) is 8.83. The van der Waals surface area contributed by atoms with Crippen molar-refractivity contribution in [1.82, 2.24) is 9.88 Å². The van der Waals surface area contributed by atoms with Crippen LogP contribution in [-0.4, -0.2) is 22.5 Å². The molecular formula is C15H14ClN3O2. The first-order valence-corrected chi connectivity index (χ1v) is 7.02. The van der Waals surface area contributed by atoms with E-state index in [0.717, 1.165) is 5.56 Å². The number of urea groups is 1. The monoisotopic (exact) mass is 303 g/mol. The summed E-state index contributed by atoms with van der Waals surface area (Å²) in [6.07, 6.45) is 1.61. The molecule has 21 heavy (non-hydrogen) atoms. The molecule has 0 spiro atoms. The Hall–Kier alpha value is -2.27. The van der Waals surface area contributed by atoms with Gasteiger partial charge in [-0.1, -0.05) is 17.7 Å². The normalized spacial score (nSPS) is 13.6. The summed E-state index contributed by atoms with van der Waals surface area (Å²) < 4.78 is 5.88. The van der Waals surface area contributed by atoms with Crippen LogP contribution in [0.2, 0.25) is 5.02 Å². The zero-order valence-electron chi connectivity index (χ0n) is 11.5. The van der Waals surface area contributed by atoms with E-state index < -0.39 is 0 Å². The van der Waals surface area contributed by atoms with Gasteiger partial charge in [0.2, 0.25) is 0 Å². The van der Waals surface area contributed by atoms with Crippen molar-refractivity contribution < 1.29 is 9.53 Å². The standard InChI is InChI=1S/C15H14ClN3O2/c1-2-19-9-12-13(6-7-17-14(12)18-15(19)20)21-11-5-3-4-10(16)8-11/h3-8H,2,9H2,1H3,(H,17,18,20). The molecule has 1 aromatic heterocycles. The molecule has 1 N–H and O–H groups in total. The van der Waals surface area contributed by atoms with E-state index in [1.165, 1.54) is 0 Å². The van der Waals surface area contributed by atoms with Gasteiger partial charge in [-0.15, -0.1) is 0 Å². The molecule has 3 rings (SSSR count). The van der Waals surface area contributed by atoms with Gasteiger partial charge in [-0.3, -0.25) is 5.32 Å². The topological polar surface area (TPSA) is 54.5 Å². The zero-order chi connectivity index (χ0) is 14.8. The van der Waals surface area contributed by atoms with E-state index in [0.29, 0.717) is 35.4 Å². The Kier molecular flexibility index (Phi) is 3.66. The Morgan fingerprint density at radius 1 is 1.43 bits per heavy atom. The maximum atomic E-state index is 11.8. The molecule has 108 valence electrons. The van der Waals surface area contributed by atoms with Crippen LogP contribution in [0.3, 0.4) is 0 Å². The highest BCUT2D eigenvalue weighted by Crippen LogP contribution is 2.33. The molecule has 0 radical (unpaired) electrons. The van der Waals surface area contributed by atoms with Crippen molar-refractivity contribution in [3.05, 3.63) is 47.1 Å². The molecule has 2 heterocycles. The van der Waals surface area contributed by atoms with Gasteiger partial charge in [-0.05, 0) is 31.2 Å². The number of ether oxygens (including phenoxy) is 1. The van der Waals surface area contributed by atoms with Crippen LogP contribution in [0.15, 0.2) is 36.5 Å². The van der Waals surface area contributed by atoms with Crippen molar-refractivity contribution >= 4 is 23.4 Å². The molecule has 0 bridgehead atoms. The summed E-state index contributed by atoms with van der Waals surface area (Å²) in [5, 5.41) is 3.38. The number of nitrogens with zero attached hydrogens (tertiary/aromatic N) is 2. The number of aromatic nitrogens is 1. The van der Waals surface area contributed by atoms with Crippen LogP contribution < -0.4 is 10.1 Å². The second kappa shape index (κ2) is 5.61. The van der Waals surface area contributed by atoms with Crippen LogP contribution in [0.5, 0.6) is 11.5 Å². The van der Waals surface area contributed by atoms with Gasteiger partial charge in [0, 0.05) is 17.8 Å². The van der Waals surface area contributed by atoms with Crippen molar-refractivity contribution in [1.29, 1.82) is 0 Å². The zero-order valence-corrected chi connectivity index (χ0v) is 12.2. The number of benzene rings is 1. The van der Waals surface area contributed by atoms with Gasteiger partial charge in [-0.25, -0.2) is 9.78 Å². The molecule has 0 unspecified atom stereocenters. The van der Waals surface area contributed by atoms with E-state index in [9.17, 15) is 4.79 Å². The molecule has 5 nitrogen and oxygen atoms in total. The van der Waals surface area contributed by atoms with Gasteiger partial charge in [0.05, 0.1) is 12.1 Å². The molecule has 0 aliphatic carbocycles. The number of amides is 2. The average molecular weight is 304 g/mol. The lowest BCUT2D eigenvalue weighted by Crippen LogP contribution is -2.38. The Morgan fingerprint density at radius 2 is 2.29 bits per heavy atom. The van der Waals surface area contributed by atoms with Crippen molar-refractivity contribution in [3.63, 3.8) is 0 Å². The minimum absolute atomic E-state index is 0.141. The maximum Gasteiger partial charge on any atom is 0.323 e. The van der Waals surface area contributed by atoms with Gasteiger partial charge >= 0.3 is 6.03 Å². The lowest BCUT2D eigenvalue weighted by molar-refractivity contribution is 0.209. The first kappa shape index (κ1) is 13.7. The fourth-order valence-electron chi connectivity index (χ4n) is 2.19. The van der Waals surface area contributed by atoms with Gasteiger partial charge in [0.15, 0.2) is 0 Å². The number of pyridine rings is 1. The number of fused-ring (bicyclic) bond motifs is 1. The third kappa shape index (κ3) is 2.78. The number of nitrogens with one attached hydrogen (secondary N) is 1. The van der Waals surface area contributed by atoms with E-state index >= 15 is 0 Å².